The molecule has 0 aliphatic carbocycles. The molecule has 0 atom stereocenters. The molecule has 4 heavy (non-hydrogen) atoms. The van der Waals surface area contributed by atoms with E-state index in [1.165, 1.54) is 0 Å². The summed E-state index contributed by atoms with van der Waals surface area (Å²) in [5.41, 5.74) is 0. The van der Waals surface area contributed by atoms with Gasteiger partial charge >= 0.3 is 53.2 Å². The summed E-state index contributed by atoms with van der Waals surface area (Å²) in [5, 5.41) is 0. The molecule has 0 N–H and O–H groups in total. The summed E-state index contributed by atoms with van der Waals surface area (Å²) < 4.78 is 0. The van der Waals surface area contributed by atoms with Gasteiger partial charge in [0, 0.05) is 0 Å². The Morgan fingerprint density at radius 2 is 1.00 bits per heavy atom. The Morgan fingerprint density at radius 3 is 1.00 bits per heavy atom. The van der Waals surface area contributed by atoms with Crippen LogP contribution in [0.25, 0.3) is 0 Å². The molecule has 0 unspecified atom stereocenters. The van der Waals surface area contributed by atoms with Crippen LogP contribution in [0, 0.1) is 0 Å². The first-order valence-corrected chi connectivity index (χ1v) is 0. The fraction of sp³-hybridized carbons (Fsp3) is 0. The van der Waals surface area contributed by atoms with E-state index in [-0.39, 0.29) is 58.6 Å². The maximum atomic E-state index is 0. The summed E-state index contributed by atoms with van der Waals surface area (Å²) >= 11 is 0. The van der Waals surface area contributed by atoms with E-state index in [1.807, 2.05) is 0 Å². The molecule has 0 saturated carbocycles. The van der Waals surface area contributed by atoms with Crippen molar-refractivity contribution >= 4 is 9.90 Å². The van der Waals surface area contributed by atoms with Crippen LogP contribution in [-0.4, -0.2) is 0 Å². The molecule has 0 rings (SSSR count). The third-order valence-electron chi connectivity index (χ3n) is 0. The Kier molecular flexibility index (Phi) is 222. The second-order valence-electron chi connectivity index (χ2n) is 0. The number of hydrogen-bond donors (Lipinski definition) is 0. The topological polar surface area (TPSA) is 28.5 Å². The molecule has 0 saturated heterocycles. The molecule has 0 heterocycles. The van der Waals surface area contributed by atoms with Gasteiger partial charge in [0.2, 0.25) is 0 Å². The average molecular weight is 194 g/mol. The molecule has 0 amide bonds. The standard InChI is InChI=1S/Fe.O.P.Zr/q+2;-2;+3;+4. The zero-order valence-corrected chi connectivity index (χ0v) is 6.17. The Balaban J connectivity index is 0. The number of hydrogen-bond acceptors (Lipinski definition) is 0. The Hall–Kier alpha value is 1.79. The van der Waals surface area contributed by atoms with E-state index >= 15 is 0 Å². The van der Waals surface area contributed by atoms with E-state index in [9.17, 15) is 0 Å². The quantitative estimate of drug-likeness (QED) is 0.402. The van der Waals surface area contributed by atoms with E-state index in [2.05, 4.69) is 0 Å². The molecular weight excluding hydrogens is 194 g/mol. The molecular formula is FeOPZr+7. The van der Waals surface area contributed by atoms with Crippen LogP contribution in [0.2, 0.25) is 0 Å². The summed E-state index contributed by atoms with van der Waals surface area (Å²) in [6, 6.07) is 0. The summed E-state index contributed by atoms with van der Waals surface area (Å²) in [4.78, 5) is 0. The fourth-order valence-corrected chi connectivity index (χ4v) is 0. The van der Waals surface area contributed by atoms with Gasteiger partial charge in [-0.25, -0.2) is 0 Å². The molecule has 4 heteroatoms. The molecule has 0 aromatic rings. The summed E-state index contributed by atoms with van der Waals surface area (Å²) in [7, 11) is 0. The predicted octanol–water partition coefficient (Wildman–Crippen LogP) is 0.737. The van der Waals surface area contributed by atoms with Gasteiger partial charge in [-0.05, 0) is 0 Å². The summed E-state index contributed by atoms with van der Waals surface area (Å²) in [5.74, 6) is 0. The fourth-order valence-electron chi connectivity index (χ4n) is 0. The van der Waals surface area contributed by atoms with Gasteiger partial charge in [-0.15, -0.1) is 0 Å². The molecule has 2 radical (unpaired) electrons. The average Bonchev–Trinajstić information content (AvgIpc) is 0. The van der Waals surface area contributed by atoms with Gasteiger partial charge in [0.15, 0.2) is 0 Å². The smallest absolute Gasteiger partial charge is 2.00 e. The third-order valence-corrected chi connectivity index (χ3v) is 0. The second-order valence-corrected chi connectivity index (χ2v) is 0. The van der Waals surface area contributed by atoms with Crippen LogP contribution in [0.3, 0.4) is 0 Å². The first kappa shape index (κ1) is 41.4. The summed E-state index contributed by atoms with van der Waals surface area (Å²) in [6.45, 7) is 0. The van der Waals surface area contributed by atoms with Crippen molar-refractivity contribution in [2.45, 2.75) is 0 Å². The van der Waals surface area contributed by atoms with Crippen LogP contribution in [0.4, 0.5) is 0 Å². The molecule has 16 valence electrons. The van der Waals surface area contributed by atoms with Crippen LogP contribution in [0.15, 0.2) is 0 Å². The number of rotatable bonds is 0. The third kappa shape index (κ3) is 9.20. The molecule has 0 spiro atoms. The van der Waals surface area contributed by atoms with Crippen molar-refractivity contribution in [2.24, 2.45) is 0 Å². The predicted molar refractivity (Wildman–Crippen MR) is 7.61 cm³/mol. The van der Waals surface area contributed by atoms with Gasteiger partial charge in [0.1, 0.15) is 0 Å². The second kappa shape index (κ2) is 21.5. The van der Waals surface area contributed by atoms with Crippen LogP contribution in [0.1, 0.15) is 0 Å². The SMILES string of the molecule is [Fe+2].[O-2].[P+3].[Zr+4]. The molecule has 0 bridgehead atoms. The molecule has 0 aliphatic heterocycles. The minimum Gasteiger partial charge on any atom is -2.00 e. The van der Waals surface area contributed by atoms with Gasteiger partial charge in [-0.2, -0.15) is 0 Å². The van der Waals surface area contributed by atoms with Crippen molar-refractivity contribution in [2.75, 3.05) is 0 Å². The van der Waals surface area contributed by atoms with Crippen LogP contribution in [-0.2, 0) is 48.7 Å². The molecule has 1 nitrogen and oxygen atoms in total. The molecule has 0 aromatic heterocycles. The monoisotopic (exact) mass is 193 g/mol. The van der Waals surface area contributed by atoms with E-state index in [1.54, 1.807) is 0 Å². The van der Waals surface area contributed by atoms with Crippen molar-refractivity contribution in [3.63, 3.8) is 0 Å². The van der Waals surface area contributed by atoms with E-state index in [0.29, 0.717) is 0 Å². The largest absolute Gasteiger partial charge is 4.00 e. The summed E-state index contributed by atoms with van der Waals surface area (Å²) in [6.07, 6.45) is 0. The normalized spacial score (nSPS) is 0. The van der Waals surface area contributed by atoms with E-state index in [4.69, 9.17) is 0 Å². The first-order valence-electron chi connectivity index (χ1n) is 0. The van der Waals surface area contributed by atoms with Crippen molar-refractivity contribution < 1.29 is 48.7 Å². The molecule has 0 aromatic carbocycles. The molecule has 0 fully saturated rings. The maximum absolute atomic E-state index is 0. The van der Waals surface area contributed by atoms with Crippen LogP contribution in [0.5, 0.6) is 0 Å². The Bertz CT molecular complexity index is 8.00. The Labute approximate surface area is 58.4 Å². The van der Waals surface area contributed by atoms with Gasteiger partial charge in [-0.1, -0.05) is 0 Å². The van der Waals surface area contributed by atoms with Gasteiger partial charge in [0.05, 0.1) is 0 Å². The van der Waals surface area contributed by atoms with Gasteiger partial charge in [0.25, 0.3) is 0 Å². The van der Waals surface area contributed by atoms with Gasteiger partial charge in [-0.3, -0.25) is 0 Å². The van der Waals surface area contributed by atoms with Crippen molar-refractivity contribution in [3.05, 3.63) is 0 Å². The van der Waals surface area contributed by atoms with Gasteiger partial charge < -0.3 is 5.48 Å². The minimum absolute atomic E-state index is 0. The zero-order valence-electron chi connectivity index (χ0n) is 1.71. The van der Waals surface area contributed by atoms with Crippen LogP contribution >= 0.6 is 9.90 Å². The van der Waals surface area contributed by atoms with Crippen LogP contribution < -0.4 is 0 Å². The van der Waals surface area contributed by atoms with E-state index in [0.717, 1.165) is 0 Å². The van der Waals surface area contributed by atoms with Crippen molar-refractivity contribution in [1.29, 1.82) is 0 Å². The zero-order chi connectivity index (χ0) is 0. The maximum Gasteiger partial charge on any atom is 4.00 e. The van der Waals surface area contributed by atoms with Crippen molar-refractivity contribution in [1.82, 2.24) is 0 Å². The first-order chi connectivity index (χ1) is 0. The Morgan fingerprint density at radius 1 is 1.00 bits per heavy atom. The molecule has 0 aliphatic rings. The van der Waals surface area contributed by atoms with E-state index < -0.39 is 0 Å². The van der Waals surface area contributed by atoms with Crippen molar-refractivity contribution in [3.8, 4) is 0 Å². The minimum atomic E-state index is 0.